The van der Waals surface area contributed by atoms with Crippen LogP contribution in [-0.2, 0) is 0 Å². The lowest BCUT2D eigenvalue weighted by molar-refractivity contribution is 0.854. The van der Waals surface area contributed by atoms with Crippen LogP contribution in [0.15, 0.2) is 36.4 Å². The lowest BCUT2D eigenvalue weighted by atomic mass is 9.98. The van der Waals surface area contributed by atoms with Gasteiger partial charge in [-0.1, -0.05) is 37.3 Å². The zero-order valence-electron chi connectivity index (χ0n) is 8.07. The van der Waals surface area contributed by atoms with E-state index in [9.17, 15) is 0 Å². The third-order valence-corrected chi connectivity index (χ3v) is 2.36. The van der Waals surface area contributed by atoms with Crippen molar-refractivity contribution in [2.75, 3.05) is 5.73 Å². The van der Waals surface area contributed by atoms with Crippen molar-refractivity contribution in [1.82, 2.24) is 10.2 Å². The molecule has 14 heavy (non-hydrogen) atoms. The van der Waals surface area contributed by atoms with Gasteiger partial charge in [-0.25, -0.2) is 0 Å². The first-order chi connectivity index (χ1) is 6.77. The van der Waals surface area contributed by atoms with Gasteiger partial charge in [0, 0.05) is 12.0 Å². The van der Waals surface area contributed by atoms with Crippen LogP contribution in [-0.4, -0.2) is 10.2 Å². The van der Waals surface area contributed by atoms with E-state index in [0.717, 1.165) is 5.69 Å². The fraction of sp³-hybridized carbons (Fsp3) is 0.182. The topological polar surface area (TPSA) is 54.7 Å². The number of H-pyrrole nitrogens is 1. The van der Waals surface area contributed by atoms with Crippen LogP contribution in [0.5, 0.6) is 0 Å². The highest BCUT2D eigenvalue weighted by atomic mass is 15.2. The molecular weight excluding hydrogens is 174 g/mol. The number of nitrogen functional groups attached to an aromatic ring is 1. The fourth-order valence-corrected chi connectivity index (χ4v) is 1.49. The van der Waals surface area contributed by atoms with Crippen LogP contribution in [0.4, 0.5) is 5.82 Å². The Hall–Kier alpha value is -1.77. The fourth-order valence-electron chi connectivity index (χ4n) is 1.49. The number of rotatable bonds is 2. The van der Waals surface area contributed by atoms with Crippen LogP contribution in [0.25, 0.3) is 0 Å². The highest BCUT2D eigenvalue weighted by molar-refractivity contribution is 5.34. The first-order valence-corrected chi connectivity index (χ1v) is 4.63. The maximum absolute atomic E-state index is 5.58. The summed E-state index contributed by atoms with van der Waals surface area (Å²) in [5.41, 5.74) is 7.81. The molecule has 1 aromatic heterocycles. The molecule has 0 radical (unpaired) electrons. The van der Waals surface area contributed by atoms with Crippen LogP contribution in [0.1, 0.15) is 24.1 Å². The van der Waals surface area contributed by atoms with Crippen molar-refractivity contribution >= 4 is 5.82 Å². The van der Waals surface area contributed by atoms with E-state index < -0.39 is 0 Å². The summed E-state index contributed by atoms with van der Waals surface area (Å²) in [6.07, 6.45) is 0. The maximum Gasteiger partial charge on any atom is 0.119 e. The van der Waals surface area contributed by atoms with Crippen LogP contribution in [0, 0.1) is 0 Å². The van der Waals surface area contributed by atoms with Crippen LogP contribution in [0.3, 0.4) is 0 Å². The second kappa shape index (κ2) is 3.54. The van der Waals surface area contributed by atoms with Gasteiger partial charge in [-0.15, -0.1) is 0 Å². The molecule has 1 heterocycles. The average Bonchev–Trinajstić information content (AvgIpc) is 2.65. The molecule has 0 bridgehead atoms. The second-order valence-corrected chi connectivity index (χ2v) is 3.38. The Balaban J connectivity index is 2.29. The molecule has 0 aliphatic rings. The molecule has 2 aromatic rings. The lowest BCUT2D eigenvalue weighted by Gasteiger charge is -2.07. The van der Waals surface area contributed by atoms with Gasteiger partial charge < -0.3 is 5.73 Å². The number of hydrogen-bond acceptors (Lipinski definition) is 2. The van der Waals surface area contributed by atoms with E-state index in [0.29, 0.717) is 5.82 Å². The van der Waals surface area contributed by atoms with Crippen LogP contribution in [0.2, 0.25) is 0 Å². The molecule has 72 valence electrons. The van der Waals surface area contributed by atoms with Crippen molar-refractivity contribution in [2.45, 2.75) is 12.8 Å². The molecule has 1 atom stereocenters. The average molecular weight is 187 g/mol. The second-order valence-electron chi connectivity index (χ2n) is 3.38. The Morgan fingerprint density at radius 1 is 1.29 bits per heavy atom. The number of nitrogens with zero attached hydrogens (tertiary/aromatic N) is 1. The molecule has 3 nitrogen and oxygen atoms in total. The van der Waals surface area contributed by atoms with Gasteiger partial charge in [0.05, 0.1) is 5.69 Å². The van der Waals surface area contributed by atoms with Crippen molar-refractivity contribution in [3.8, 4) is 0 Å². The zero-order valence-corrected chi connectivity index (χ0v) is 8.07. The van der Waals surface area contributed by atoms with Crippen molar-refractivity contribution in [2.24, 2.45) is 0 Å². The smallest absolute Gasteiger partial charge is 0.119 e. The normalized spacial score (nSPS) is 12.6. The predicted molar refractivity (Wildman–Crippen MR) is 57.0 cm³/mol. The van der Waals surface area contributed by atoms with Crippen molar-refractivity contribution in [3.63, 3.8) is 0 Å². The van der Waals surface area contributed by atoms with E-state index in [1.807, 2.05) is 24.3 Å². The number of anilines is 1. The quantitative estimate of drug-likeness (QED) is 0.756. The number of aromatic amines is 1. The van der Waals surface area contributed by atoms with Gasteiger partial charge in [0.2, 0.25) is 0 Å². The minimum Gasteiger partial charge on any atom is -0.384 e. The number of aromatic nitrogens is 2. The number of nitrogens with two attached hydrogens (primary N) is 1. The highest BCUT2D eigenvalue weighted by Gasteiger charge is 2.10. The van der Waals surface area contributed by atoms with Crippen molar-refractivity contribution in [3.05, 3.63) is 47.7 Å². The lowest BCUT2D eigenvalue weighted by Crippen LogP contribution is -1.95. The zero-order chi connectivity index (χ0) is 9.97. The molecule has 0 saturated heterocycles. The first kappa shape index (κ1) is 8.81. The SMILES string of the molecule is CC(c1ccccc1)c1cc(N)[nH]n1. The summed E-state index contributed by atoms with van der Waals surface area (Å²) < 4.78 is 0. The largest absolute Gasteiger partial charge is 0.384 e. The molecule has 0 spiro atoms. The van der Waals surface area contributed by atoms with E-state index >= 15 is 0 Å². The van der Waals surface area contributed by atoms with Gasteiger partial charge in [-0.05, 0) is 5.56 Å². The van der Waals surface area contributed by atoms with E-state index in [-0.39, 0.29) is 5.92 Å². The number of hydrogen-bond donors (Lipinski definition) is 2. The van der Waals surface area contributed by atoms with Crippen molar-refractivity contribution < 1.29 is 0 Å². The summed E-state index contributed by atoms with van der Waals surface area (Å²) in [6.45, 7) is 2.12. The molecule has 0 aliphatic heterocycles. The van der Waals surface area contributed by atoms with E-state index in [2.05, 4.69) is 29.3 Å². The molecule has 0 aliphatic carbocycles. The van der Waals surface area contributed by atoms with Crippen LogP contribution >= 0.6 is 0 Å². The summed E-state index contributed by atoms with van der Waals surface area (Å²) in [6, 6.07) is 12.1. The van der Waals surface area contributed by atoms with E-state index in [1.165, 1.54) is 5.56 Å². The Kier molecular flexibility index (Phi) is 2.23. The monoisotopic (exact) mass is 187 g/mol. The predicted octanol–water partition coefficient (Wildman–Crippen LogP) is 2.14. The third kappa shape index (κ3) is 1.62. The van der Waals surface area contributed by atoms with Gasteiger partial charge >= 0.3 is 0 Å². The van der Waals surface area contributed by atoms with E-state index in [1.54, 1.807) is 0 Å². The summed E-state index contributed by atoms with van der Waals surface area (Å²) in [4.78, 5) is 0. The standard InChI is InChI=1S/C11H13N3/c1-8(9-5-3-2-4-6-9)10-7-11(12)14-13-10/h2-8H,1H3,(H3,12,13,14). The van der Waals surface area contributed by atoms with Gasteiger partial charge in [0.25, 0.3) is 0 Å². The molecular formula is C11H13N3. The Morgan fingerprint density at radius 3 is 2.57 bits per heavy atom. The molecule has 1 aromatic carbocycles. The molecule has 3 N–H and O–H groups in total. The minimum absolute atomic E-state index is 0.282. The molecule has 0 amide bonds. The Labute approximate surface area is 83.0 Å². The molecule has 3 heteroatoms. The van der Waals surface area contributed by atoms with Gasteiger partial charge in [0.15, 0.2) is 0 Å². The summed E-state index contributed by atoms with van der Waals surface area (Å²) >= 11 is 0. The highest BCUT2D eigenvalue weighted by Crippen LogP contribution is 2.22. The van der Waals surface area contributed by atoms with Crippen LogP contribution < -0.4 is 5.73 Å². The first-order valence-electron chi connectivity index (χ1n) is 4.63. The molecule has 0 fully saturated rings. The number of benzene rings is 1. The van der Waals surface area contributed by atoms with Crippen molar-refractivity contribution in [1.29, 1.82) is 0 Å². The van der Waals surface area contributed by atoms with Gasteiger partial charge in [-0.3, -0.25) is 5.10 Å². The Bertz CT molecular complexity index is 405. The Morgan fingerprint density at radius 2 is 2.00 bits per heavy atom. The third-order valence-electron chi connectivity index (χ3n) is 2.36. The summed E-state index contributed by atoms with van der Waals surface area (Å²) in [7, 11) is 0. The van der Waals surface area contributed by atoms with Gasteiger partial charge in [-0.2, -0.15) is 5.10 Å². The molecule has 0 saturated carbocycles. The molecule has 1 unspecified atom stereocenters. The number of nitrogens with one attached hydrogen (secondary N) is 1. The molecule has 2 rings (SSSR count). The summed E-state index contributed by atoms with van der Waals surface area (Å²) in [5.74, 6) is 0.896. The van der Waals surface area contributed by atoms with Gasteiger partial charge in [0.1, 0.15) is 5.82 Å². The maximum atomic E-state index is 5.58. The minimum atomic E-state index is 0.282. The van der Waals surface area contributed by atoms with E-state index in [4.69, 9.17) is 5.73 Å². The summed E-state index contributed by atoms with van der Waals surface area (Å²) in [5, 5.41) is 6.89.